The molecule has 0 aliphatic carbocycles. The van der Waals surface area contributed by atoms with Gasteiger partial charge in [-0.3, -0.25) is 4.98 Å². The van der Waals surface area contributed by atoms with Gasteiger partial charge in [-0.1, -0.05) is 0 Å². The summed E-state index contributed by atoms with van der Waals surface area (Å²) in [6.07, 6.45) is 4.75. The van der Waals surface area contributed by atoms with Gasteiger partial charge in [-0.25, -0.2) is 0 Å². The van der Waals surface area contributed by atoms with Crippen LogP contribution in [0.25, 0.3) is 0 Å². The topological polar surface area (TPSA) is 59.1 Å². The summed E-state index contributed by atoms with van der Waals surface area (Å²) in [6, 6.07) is 7.63. The lowest BCUT2D eigenvalue weighted by Crippen LogP contribution is -1.97. The van der Waals surface area contributed by atoms with Crippen molar-refractivity contribution in [2.24, 2.45) is 0 Å². The van der Waals surface area contributed by atoms with Crippen molar-refractivity contribution in [1.82, 2.24) is 4.98 Å². The van der Waals surface area contributed by atoms with Crippen LogP contribution < -0.4 is 4.74 Å². The number of furan rings is 1. The minimum absolute atomic E-state index is 0.509. The van der Waals surface area contributed by atoms with Crippen molar-refractivity contribution in [2.45, 2.75) is 12.8 Å². The number of nitriles is 1. The fourth-order valence-corrected chi connectivity index (χ4v) is 1.58. The van der Waals surface area contributed by atoms with Crippen molar-refractivity contribution in [3.05, 3.63) is 47.7 Å². The van der Waals surface area contributed by atoms with Crippen LogP contribution in [0.3, 0.4) is 0 Å². The van der Waals surface area contributed by atoms with Crippen LogP contribution in [0.4, 0.5) is 0 Å². The zero-order chi connectivity index (χ0) is 12.1. The first-order valence-electron chi connectivity index (χ1n) is 5.29. The number of hydrogen-bond acceptors (Lipinski definition) is 4. The molecule has 4 nitrogen and oxygen atoms in total. The van der Waals surface area contributed by atoms with Gasteiger partial charge < -0.3 is 9.15 Å². The van der Waals surface area contributed by atoms with Crippen LogP contribution >= 0.6 is 0 Å². The molecular formula is C13H12N2O2. The molecule has 0 aliphatic heterocycles. The Balaban J connectivity index is 2.09. The predicted molar refractivity (Wildman–Crippen MR) is 61.6 cm³/mol. The first-order valence-corrected chi connectivity index (χ1v) is 5.29. The van der Waals surface area contributed by atoms with E-state index in [2.05, 4.69) is 11.1 Å². The van der Waals surface area contributed by atoms with E-state index in [1.807, 2.05) is 12.1 Å². The zero-order valence-corrected chi connectivity index (χ0v) is 9.51. The lowest BCUT2D eigenvalue weighted by atomic mass is 10.1. The van der Waals surface area contributed by atoms with E-state index in [0.29, 0.717) is 11.3 Å². The average Bonchev–Trinajstić information content (AvgIpc) is 2.89. The number of pyridine rings is 1. The third kappa shape index (κ3) is 2.64. The van der Waals surface area contributed by atoms with Crippen molar-refractivity contribution in [3.8, 4) is 11.8 Å². The van der Waals surface area contributed by atoms with E-state index in [9.17, 15) is 0 Å². The van der Waals surface area contributed by atoms with E-state index in [1.54, 1.807) is 18.5 Å². The maximum absolute atomic E-state index is 8.95. The Bertz CT molecular complexity index is 527. The van der Waals surface area contributed by atoms with Crippen LogP contribution in [-0.2, 0) is 12.8 Å². The SMILES string of the molecule is COc1cnc(CCc2ccco2)cc1C#N. The summed E-state index contributed by atoms with van der Waals surface area (Å²) in [5, 5.41) is 8.95. The van der Waals surface area contributed by atoms with Gasteiger partial charge in [0, 0.05) is 12.1 Å². The Morgan fingerprint density at radius 3 is 3.00 bits per heavy atom. The second-order valence-electron chi connectivity index (χ2n) is 3.57. The molecule has 0 spiro atoms. The predicted octanol–water partition coefficient (Wildman–Crippen LogP) is 2.34. The third-order valence-electron chi connectivity index (χ3n) is 2.47. The molecule has 0 atom stereocenters. The molecule has 0 aromatic carbocycles. The molecule has 2 aromatic rings. The quantitative estimate of drug-likeness (QED) is 0.805. The van der Waals surface area contributed by atoms with Crippen molar-refractivity contribution in [1.29, 1.82) is 5.26 Å². The van der Waals surface area contributed by atoms with Gasteiger partial charge >= 0.3 is 0 Å². The first-order chi connectivity index (χ1) is 8.33. The lowest BCUT2D eigenvalue weighted by Gasteiger charge is -2.04. The molecule has 0 N–H and O–H groups in total. The fraction of sp³-hybridized carbons (Fsp3) is 0.231. The van der Waals surface area contributed by atoms with E-state index in [-0.39, 0.29) is 0 Å². The molecule has 0 radical (unpaired) electrons. The van der Waals surface area contributed by atoms with Gasteiger partial charge in [0.05, 0.1) is 25.1 Å². The van der Waals surface area contributed by atoms with Crippen molar-refractivity contribution < 1.29 is 9.15 Å². The summed E-state index contributed by atoms with van der Waals surface area (Å²) < 4.78 is 10.3. The van der Waals surface area contributed by atoms with Gasteiger partial charge in [0.1, 0.15) is 11.8 Å². The maximum atomic E-state index is 8.95. The van der Waals surface area contributed by atoms with E-state index < -0.39 is 0 Å². The van der Waals surface area contributed by atoms with E-state index >= 15 is 0 Å². The summed E-state index contributed by atoms with van der Waals surface area (Å²) in [5.41, 5.74) is 1.37. The fourth-order valence-electron chi connectivity index (χ4n) is 1.58. The van der Waals surface area contributed by atoms with Crippen molar-refractivity contribution in [3.63, 3.8) is 0 Å². The lowest BCUT2D eigenvalue weighted by molar-refractivity contribution is 0.411. The second-order valence-corrected chi connectivity index (χ2v) is 3.57. The number of nitrogens with zero attached hydrogens (tertiary/aromatic N) is 2. The summed E-state index contributed by atoms with van der Waals surface area (Å²) >= 11 is 0. The number of aryl methyl sites for hydroxylation is 2. The molecule has 86 valence electrons. The van der Waals surface area contributed by atoms with Gasteiger partial charge in [0.15, 0.2) is 5.75 Å². The summed E-state index contributed by atoms with van der Waals surface area (Å²) in [6.45, 7) is 0. The second kappa shape index (κ2) is 5.17. The third-order valence-corrected chi connectivity index (χ3v) is 2.47. The van der Waals surface area contributed by atoms with E-state index in [0.717, 1.165) is 24.3 Å². The summed E-state index contributed by atoms with van der Waals surface area (Å²) in [4.78, 5) is 4.24. The average molecular weight is 228 g/mol. The zero-order valence-electron chi connectivity index (χ0n) is 9.51. The van der Waals surface area contributed by atoms with Crippen LogP contribution in [0.5, 0.6) is 5.75 Å². The molecule has 2 aromatic heterocycles. The number of hydrogen-bond donors (Lipinski definition) is 0. The normalized spacial score (nSPS) is 9.88. The van der Waals surface area contributed by atoms with Gasteiger partial charge in [-0.05, 0) is 24.6 Å². The highest BCUT2D eigenvalue weighted by Gasteiger charge is 2.05. The Hall–Kier alpha value is -2.28. The van der Waals surface area contributed by atoms with Gasteiger partial charge in [0.25, 0.3) is 0 Å². The molecule has 0 amide bonds. The monoisotopic (exact) mass is 228 g/mol. The molecule has 4 heteroatoms. The molecule has 0 saturated carbocycles. The minimum atomic E-state index is 0.509. The minimum Gasteiger partial charge on any atom is -0.494 e. The van der Waals surface area contributed by atoms with E-state index in [1.165, 1.54) is 7.11 Å². The number of ether oxygens (including phenoxy) is 1. The first kappa shape index (κ1) is 11.2. The smallest absolute Gasteiger partial charge is 0.154 e. The van der Waals surface area contributed by atoms with Crippen LogP contribution in [0.2, 0.25) is 0 Å². The molecular weight excluding hydrogens is 216 g/mol. The number of methoxy groups -OCH3 is 1. The molecule has 17 heavy (non-hydrogen) atoms. The van der Waals surface area contributed by atoms with Gasteiger partial charge in [-0.15, -0.1) is 0 Å². The van der Waals surface area contributed by atoms with Crippen LogP contribution in [0.15, 0.2) is 35.1 Å². The Morgan fingerprint density at radius 1 is 1.47 bits per heavy atom. The highest BCUT2D eigenvalue weighted by atomic mass is 16.5. The van der Waals surface area contributed by atoms with Gasteiger partial charge in [0.2, 0.25) is 0 Å². The molecule has 2 rings (SSSR count). The van der Waals surface area contributed by atoms with Crippen LogP contribution in [-0.4, -0.2) is 12.1 Å². The highest BCUT2D eigenvalue weighted by Crippen LogP contribution is 2.17. The summed E-state index contributed by atoms with van der Waals surface area (Å²) in [7, 11) is 1.53. The molecule has 0 fully saturated rings. The Morgan fingerprint density at radius 2 is 2.35 bits per heavy atom. The molecule has 0 unspecified atom stereocenters. The van der Waals surface area contributed by atoms with Crippen molar-refractivity contribution >= 4 is 0 Å². The molecule has 2 heterocycles. The Labute approximate surface area is 99.5 Å². The summed E-state index contributed by atoms with van der Waals surface area (Å²) in [5.74, 6) is 1.43. The largest absolute Gasteiger partial charge is 0.494 e. The number of aromatic nitrogens is 1. The number of rotatable bonds is 4. The maximum Gasteiger partial charge on any atom is 0.154 e. The van der Waals surface area contributed by atoms with E-state index in [4.69, 9.17) is 14.4 Å². The Kier molecular flexibility index (Phi) is 3.41. The molecule has 0 bridgehead atoms. The van der Waals surface area contributed by atoms with Crippen molar-refractivity contribution in [2.75, 3.05) is 7.11 Å². The molecule has 0 saturated heterocycles. The highest BCUT2D eigenvalue weighted by molar-refractivity contribution is 5.42. The van der Waals surface area contributed by atoms with Gasteiger partial charge in [-0.2, -0.15) is 5.26 Å². The van der Waals surface area contributed by atoms with Crippen LogP contribution in [0, 0.1) is 11.3 Å². The molecule has 0 aliphatic rings. The van der Waals surface area contributed by atoms with Crippen LogP contribution in [0.1, 0.15) is 17.0 Å². The standard InChI is InChI=1S/C13H12N2O2/c1-16-13-9-15-11(7-10(13)8-14)4-5-12-3-2-6-17-12/h2-3,6-7,9H,4-5H2,1H3.